The van der Waals surface area contributed by atoms with Crippen molar-refractivity contribution in [2.24, 2.45) is 4.99 Å². The lowest BCUT2D eigenvalue weighted by Gasteiger charge is -2.02. The van der Waals surface area contributed by atoms with Crippen LogP contribution in [-0.2, 0) is 4.79 Å². The van der Waals surface area contributed by atoms with E-state index in [1.807, 2.05) is 24.3 Å². The molecular weight excluding hydrogens is 206 g/mol. The maximum atomic E-state index is 10.8. The molecule has 0 amide bonds. The molecule has 1 aromatic carbocycles. The van der Waals surface area contributed by atoms with Crippen LogP contribution in [0.25, 0.3) is 0 Å². The standard InChI is InChI=1S/C12H13NO3/c1-16-9-4-2-8(3-5-9)10-6-7-11(13-10)12(14)15/h2-5,11H,6-7H2,1H3,(H,14,15). The zero-order valence-corrected chi connectivity index (χ0v) is 9.01. The number of carboxylic acid groups (broad SMARTS) is 1. The first-order valence-corrected chi connectivity index (χ1v) is 5.14. The maximum absolute atomic E-state index is 10.8. The van der Waals surface area contributed by atoms with Crippen molar-refractivity contribution in [1.29, 1.82) is 0 Å². The molecule has 0 bridgehead atoms. The molecule has 0 aromatic heterocycles. The lowest BCUT2D eigenvalue weighted by molar-refractivity contribution is -0.138. The van der Waals surface area contributed by atoms with Gasteiger partial charge in [0.25, 0.3) is 0 Å². The minimum Gasteiger partial charge on any atom is -0.497 e. The summed E-state index contributed by atoms with van der Waals surface area (Å²) < 4.78 is 5.06. The molecule has 0 aliphatic carbocycles. The first kappa shape index (κ1) is 10.7. The van der Waals surface area contributed by atoms with E-state index in [-0.39, 0.29) is 0 Å². The van der Waals surface area contributed by atoms with E-state index in [1.54, 1.807) is 7.11 Å². The maximum Gasteiger partial charge on any atom is 0.328 e. The molecule has 1 unspecified atom stereocenters. The summed E-state index contributed by atoms with van der Waals surface area (Å²) in [5, 5.41) is 8.83. The fourth-order valence-corrected chi connectivity index (χ4v) is 1.77. The van der Waals surface area contributed by atoms with Crippen molar-refractivity contribution in [1.82, 2.24) is 0 Å². The molecular formula is C12H13NO3. The Morgan fingerprint density at radius 3 is 2.62 bits per heavy atom. The van der Waals surface area contributed by atoms with Gasteiger partial charge in [-0.3, -0.25) is 4.99 Å². The highest BCUT2D eigenvalue weighted by atomic mass is 16.5. The molecule has 0 saturated heterocycles. The Morgan fingerprint density at radius 2 is 2.12 bits per heavy atom. The molecule has 1 aliphatic rings. The molecule has 1 atom stereocenters. The molecule has 0 spiro atoms. The number of ether oxygens (including phenoxy) is 1. The van der Waals surface area contributed by atoms with E-state index in [2.05, 4.69) is 4.99 Å². The van der Waals surface area contributed by atoms with Crippen molar-refractivity contribution in [3.8, 4) is 5.75 Å². The molecule has 1 aromatic rings. The van der Waals surface area contributed by atoms with Crippen LogP contribution in [0.5, 0.6) is 5.75 Å². The number of nitrogens with zero attached hydrogens (tertiary/aromatic N) is 1. The summed E-state index contributed by atoms with van der Waals surface area (Å²) in [6.07, 6.45) is 1.32. The Hall–Kier alpha value is -1.84. The zero-order chi connectivity index (χ0) is 11.5. The van der Waals surface area contributed by atoms with Gasteiger partial charge in [0.2, 0.25) is 0 Å². The first-order chi connectivity index (χ1) is 7.70. The van der Waals surface area contributed by atoms with Crippen LogP contribution in [0.3, 0.4) is 0 Å². The Bertz CT molecular complexity index is 422. The second-order valence-corrected chi connectivity index (χ2v) is 3.70. The van der Waals surface area contributed by atoms with Gasteiger partial charge in [-0.25, -0.2) is 4.79 Å². The van der Waals surface area contributed by atoms with E-state index >= 15 is 0 Å². The summed E-state index contributed by atoms with van der Waals surface area (Å²) >= 11 is 0. The highest BCUT2D eigenvalue weighted by Gasteiger charge is 2.24. The summed E-state index contributed by atoms with van der Waals surface area (Å²) in [6.45, 7) is 0. The Balaban J connectivity index is 2.19. The lowest BCUT2D eigenvalue weighted by Crippen LogP contribution is -2.13. The van der Waals surface area contributed by atoms with Gasteiger partial charge in [0.15, 0.2) is 0 Å². The van der Waals surface area contributed by atoms with Gasteiger partial charge in [-0.05, 0) is 42.7 Å². The van der Waals surface area contributed by atoms with Crippen LogP contribution >= 0.6 is 0 Å². The predicted molar refractivity (Wildman–Crippen MR) is 60.2 cm³/mol. The summed E-state index contributed by atoms with van der Waals surface area (Å²) in [5.41, 5.74) is 1.85. The van der Waals surface area contributed by atoms with Crippen molar-refractivity contribution >= 4 is 11.7 Å². The van der Waals surface area contributed by atoms with Crippen molar-refractivity contribution in [2.45, 2.75) is 18.9 Å². The number of carboxylic acids is 1. The molecule has 0 fully saturated rings. The van der Waals surface area contributed by atoms with Crippen LogP contribution in [0.1, 0.15) is 18.4 Å². The molecule has 2 rings (SSSR count). The van der Waals surface area contributed by atoms with Gasteiger partial charge in [-0.15, -0.1) is 0 Å². The second kappa shape index (κ2) is 4.35. The number of rotatable bonds is 3. The van der Waals surface area contributed by atoms with Gasteiger partial charge in [0, 0.05) is 5.71 Å². The van der Waals surface area contributed by atoms with Gasteiger partial charge in [0.1, 0.15) is 11.8 Å². The van der Waals surface area contributed by atoms with Gasteiger partial charge < -0.3 is 9.84 Å². The number of aliphatic imine (C=N–C) groups is 1. The minimum atomic E-state index is -0.844. The zero-order valence-electron chi connectivity index (χ0n) is 9.01. The lowest BCUT2D eigenvalue weighted by atomic mass is 10.1. The summed E-state index contributed by atoms with van der Waals surface area (Å²) in [7, 11) is 1.61. The summed E-state index contributed by atoms with van der Waals surface area (Å²) in [4.78, 5) is 14.9. The fourth-order valence-electron chi connectivity index (χ4n) is 1.77. The largest absolute Gasteiger partial charge is 0.497 e. The molecule has 1 heterocycles. The van der Waals surface area contributed by atoms with E-state index in [4.69, 9.17) is 9.84 Å². The van der Waals surface area contributed by atoms with Crippen molar-refractivity contribution in [3.63, 3.8) is 0 Å². The summed E-state index contributed by atoms with van der Waals surface area (Å²) in [6, 6.07) is 6.94. The topological polar surface area (TPSA) is 58.9 Å². The number of methoxy groups -OCH3 is 1. The van der Waals surface area contributed by atoms with Crippen LogP contribution < -0.4 is 4.74 Å². The van der Waals surface area contributed by atoms with Gasteiger partial charge in [0.05, 0.1) is 7.11 Å². The van der Waals surface area contributed by atoms with Gasteiger partial charge in [-0.2, -0.15) is 0 Å². The molecule has 0 saturated carbocycles. The van der Waals surface area contributed by atoms with Gasteiger partial charge >= 0.3 is 5.97 Å². The molecule has 1 aliphatic heterocycles. The second-order valence-electron chi connectivity index (χ2n) is 3.70. The Kier molecular flexibility index (Phi) is 2.90. The predicted octanol–water partition coefficient (Wildman–Crippen LogP) is 1.73. The Morgan fingerprint density at radius 1 is 1.44 bits per heavy atom. The highest BCUT2D eigenvalue weighted by Crippen LogP contribution is 2.20. The average molecular weight is 219 g/mol. The molecule has 4 nitrogen and oxygen atoms in total. The third kappa shape index (κ3) is 2.05. The van der Waals surface area contributed by atoms with Crippen LogP contribution in [0.4, 0.5) is 0 Å². The number of hydrogen-bond acceptors (Lipinski definition) is 3. The van der Waals surface area contributed by atoms with E-state index in [9.17, 15) is 4.79 Å². The third-order valence-electron chi connectivity index (χ3n) is 2.67. The number of aliphatic carboxylic acids is 1. The van der Waals surface area contributed by atoms with E-state index in [1.165, 1.54) is 0 Å². The molecule has 1 N–H and O–H groups in total. The van der Waals surface area contributed by atoms with Crippen LogP contribution in [-0.4, -0.2) is 29.9 Å². The van der Waals surface area contributed by atoms with E-state index in [0.717, 1.165) is 23.4 Å². The molecule has 0 radical (unpaired) electrons. The summed E-state index contributed by atoms with van der Waals surface area (Å²) in [5.74, 6) is -0.0550. The van der Waals surface area contributed by atoms with E-state index < -0.39 is 12.0 Å². The number of carbonyl (C=O) groups is 1. The molecule has 4 heteroatoms. The quantitative estimate of drug-likeness (QED) is 0.842. The number of benzene rings is 1. The first-order valence-electron chi connectivity index (χ1n) is 5.14. The minimum absolute atomic E-state index is 0.572. The van der Waals surface area contributed by atoms with Crippen LogP contribution in [0, 0.1) is 0 Å². The van der Waals surface area contributed by atoms with Crippen LogP contribution in [0.2, 0.25) is 0 Å². The average Bonchev–Trinajstić information content (AvgIpc) is 2.78. The van der Waals surface area contributed by atoms with Crippen molar-refractivity contribution in [3.05, 3.63) is 29.8 Å². The van der Waals surface area contributed by atoms with Gasteiger partial charge in [-0.1, -0.05) is 0 Å². The number of hydrogen-bond donors (Lipinski definition) is 1. The highest BCUT2D eigenvalue weighted by molar-refractivity contribution is 6.03. The Labute approximate surface area is 93.6 Å². The van der Waals surface area contributed by atoms with Crippen molar-refractivity contribution in [2.75, 3.05) is 7.11 Å². The smallest absolute Gasteiger partial charge is 0.328 e. The molecule has 16 heavy (non-hydrogen) atoms. The fraction of sp³-hybridized carbons (Fsp3) is 0.333. The molecule has 84 valence electrons. The van der Waals surface area contributed by atoms with Crippen molar-refractivity contribution < 1.29 is 14.6 Å². The van der Waals surface area contributed by atoms with E-state index in [0.29, 0.717) is 6.42 Å². The third-order valence-corrected chi connectivity index (χ3v) is 2.67. The van der Waals surface area contributed by atoms with Crippen LogP contribution in [0.15, 0.2) is 29.3 Å². The SMILES string of the molecule is COc1ccc(C2=NC(C(=O)O)CC2)cc1. The normalized spacial score (nSPS) is 19.3. The monoisotopic (exact) mass is 219 g/mol.